The van der Waals surface area contributed by atoms with Gasteiger partial charge >= 0.3 is 20.0 Å². The molecule has 6 nitrogen and oxygen atoms in total. The van der Waals surface area contributed by atoms with Gasteiger partial charge in [-0.05, 0) is 0 Å². The lowest BCUT2D eigenvalue weighted by Gasteiger charge is -1.94. The Morgan fingerprint density at radius 1 is 1.40 bits per heavy atom. The van der Waals surface area contributed by atoms with Crippen molar-refractivity contribution >= 4 is 20.0 Å². The third-order valence-corrected chi connectivity index (χ3v) is 1.41. The van der Waals surface area contributed by atoms with Gasteiger partial charge in [-0.1, -0.05) is 17.7 Å². The maximum atomic E-state index is 10.3. The second kappa shape index (κ2) is 10.6. The lowest BCUT2D eigenvalue weighted by Crippen LogP contribution is -2.05. The molecule has 1 atom stereocenters. The highest BCUT2D eigenvalue weighted by Gasteiger charge is 2.01. The molecule has 0 radical (unpaired) electrons. The minimum Gasteiger partial charge on any atom is -0.595 e. The van der Waals surface area contributed by atoms with Crippen molar-refractivity contribution in [3.63, 3.8) is 0 Å². The zero-order valence-electron chi connectivity index (χ0n) is 7.92. The van der Waals surface area contributed by atoms with Crippen molar-refractivity contribution in [1.29, 1.82) is 0 Å². The fourth-order valence-corrected chi connectivity index (χ4v) is 0.520. The summed E-state index contributed by atoms with van der Waals surface area (Å²) in [6.45, 7) is 6.00. The van der Waals surface area contributed by atoms with Crippen molar-refractivity contribution in [2.45, 2.75) is 0 Å². The summed E-state index contributed by atoms with van der Waals surface area (Å²) in [5.74, 6) is -1.58. The van der Waals surface area contributed by atoms with Crippen LogP contribution in [0.1, 0.15) is 0 Å². The summed E-state index contributed by atoms with van der Waals surface area (Å²) in [5, 5.41) is 7.60. The Kier molecular flexibility index (Phi) is 11.2. The smallest absolute Gasteiger partial charge is 0.330 e. The molecular formula is C8H11O6P. The van der Waals surface area contributed by atoms with E-state index in [1.54, 1.807) is 0 Å². The van der Waals surface area contributed by atoms with Crippen LogP contribution in [-0.4, -0.2) is 29.8 Å². The van der Waals surface area contributed by atoms with Crippen molar-refractivity contribution in [2.75, 3.05) is 12.8 Å². The fraction of sp³-hybridized carbons (Fsp3) is 0.250. The van der Waals surface area contributed by atoms with Crippen molar-refractivity contribution in [3.05, 3.63) is 25.3 Å². The predicted octanol–water partition coefficient (Wildman–Crippen LogP) is 0.0753. The first-order valence-electron chi connectivity index (χ1n) is 3.70. The van der Waals surface area contributed by atoms with Crippen molar-refractivity contribution in [1.82, 2.24) is 0 Å². The van der Waals surface area contributed by atoms with Gasteiger partial charge in [0, 0.05) is 12.2 Å². The van der Waals surface area contributed by atoms with Gasteiger partial charge in [-0.15, -0.1) is 0 Å². The highest BCUT2D eigenvalue weighted by molar-refractivity contribution is 7.36. The summed E-state index contributed by atoms with van der Waals surface area (Å²) in [6, 6.07) is 0. The minimum absolute atomic E-state index is 0.0937. The van der Waals surface area contributed by atoms with E-state index in [1.807, 2.05) is 0 Å². The first-order chi connectivity index (χ1) is 6.93. The first-order valence-corrected chi connectivity index (χ1v) is 5.06. The number of ether oxygens (including phenoxy) is 1. The van der Waals surface area contributed by atoms with Crippen LogP contribution in [0, 0.1) is 0 Å². The summed E-state index contributed by atoms with van der Waals surface area (Å²) < 4.78 is 14.3. The quantitative estimate of drug-likeness (QED) is 0.410. The molecule has 0 spiro atoms. The number of rotatable bonds is 5. The number of carbonyl (C=O) groups is 2. The molecule has 0 aliphatic carbocycles. The molecule has 0 aromatic rings. The van der Waals surface area contributed by atoms with E-state index in [0.29, 0.717) is 0 Å². The highest BCUT2D eigenvalue weighted by Crippen LogP contribution is 2.04. The molecule has 0 amide bonds. The molecule has 1 N–H and O–H groups in total. The van der Waals surface area contributed by atoms with E-state index in [2.05, 4.69) is 17.9 Å². The lowest BCUT2D eigenvalue weighted by atomic mass is 10.6. The van der Waals surface area contributed by atoms with E-state index in [-0.39, 0.29) is 12.8 Å². The van der Waals surface area contributed by atoms with Gasteiger partial charge in [0.05, 0.1) is 0 Å². The SMILES string of the molecule is C=CC(=O)O.C=CC(=O)OCC[P+](=O)[O-]. The largest absolute Gasteiger partial charge is 0.595 e. The van der Waals surface area contributed by atoms with Crippen LogP contribution in [0.4, 0.5) is 0 Å². The average molecular weight is 234 g/mol. The van der Waals surface area contributed by atoms with E-state index in [9.17, 15) is 19.0 Å². The Hall–Kier alpha value is -1.52. The van der Waals surface area contributed by atoms with E-state index >= 15 is 0 Å². The van der Waals surface area contributed by atoms with Gasteiger partial charge in [-0.25, -0.2) is 9.59 Å². The summed E-state index contributed by atoms with van der Waals surface area (Å²) in [6.07, 6.45) is 1.69. The van der Waals surface area contributed by atoms with Crippen molar-refractivity contribution < 1.29 is 28.9 Å². The van der Waals surface area contributed by atoms with Crippen LogP contribution in [0.2, 0.25) is 0 Å². The van der Waals surface area contributed by atoms with Gasteiger partial charge in [0.15, 0.2) is 6.16 Å². The number of hydrogen-bond donors (Lipinski definition) is 1. The molecule has 0 rings (SSSR count). The average Bonchev–Trinajstić information content (AvgIpc) is 2.17. The Balaban J connectivity index is 0. The molecule has 0 saturated heterocycles. The number of carboxylic acid groups (broad SMARTS) is 1. The molecular weight excluding hydrogens is 223 g/mol. The molecule has 7 heteroatoms. The molecule has 1 unspecified atom stereocenters. The van der Waals surface area contributed by atoms with Crippen LogP contribution >= 0.6 is 8.03 Å². The molecule has 0 saturated carbocycles. The molecule has 0 fully saturated rings. The van der Waals surface area contributed by atoms with Crippen molar-refractivity contribution in [3.8, 4) is 0 Å². The minimum atomic E-state index is -2.45. The van der Waals surface area contributed by atoms with Crippen LogP contribution in [0.3, 0.4) is 0 Å². The number of aliphatic carboxylic acids is 1. The topological polar surface area (TPSA) is 104 Å². The molecule has 0 heterocycles. The van der Waals surface area contributed by atoms with Crippen LogP contribution in [0.15, 0.2) is 25.3 Å². The van der Waals surface area contributed by atoms with E-state index < -0.39 is 20.0 Å². The zero-order valence-corrected chi connectivity index (χ0v) is 8.81. The van der Waals surface area contributed by atoms with Crippen LogP contribution < -0.4 is 4.89 Å². The maximum absolute atomic E-state index is 10.3. The third-order valence-electron chi connectivity index (χ3n) is 0.859. The molecule has 0 aliphatic rings. The van der Waals surface area contributed by atoms with Gasteiger partial charge in [-0.2, -0.15) is 0 Å². The zero-order chi connectivity index (χ0) is 12.3. The fourth-order valence-electron chi connectivity index (χ4n) is 0.280. The predicted molar refractivity (Wildman–Crippen MR) is 51.5 cm³/mol. The summed E-state index contributed by atoms with van der Waals surface area (Å²) in [4.78, 5) is 29.4. The lowest BCUT2D eigenvalue weighted by molar-refractivity contribution is -0.165. The molecule has 0 aliphatic heterocycles. The maximum Gasteiger partial charge on any atom is 0.330 e. The van der Waals surface area contributed by atoms with E-state index in [0.717, 1.165) is 12.2 Å². The monoisotopic (exact) mass is 234 g/mol. The number of hydrogen-bond acceptors (Lipinski definition) is 5. The Bertz CT molecular complexity index is 260. The molecule has 0 aromatic heterocycles. The summed E-state index contributed by atoms with van der Waals surface area (Å²) >= 11 is 0. The summed E-state index contributed by atoms with van der Waals surface area (Å²) in [5.41, 5.74) is 0. The Labute approximate surface area is 87.7 Å². The van der Waals surface area contributed by atoms with Crippen LogP contribution in [0.25, 0.3) is 0 Å². The van der Waals surface area contributed by atoms with Gasteiger partial charge in [-0.3, -0.25) is 0 Å². The highest BCUT2D eigenvalue weighted by atomic mass is 31.1. The number of carboxylic acids is 1. The van der Waals surface area contributed by atoms with Crippen molar-refractivity contribution in [2.24, 2.45) is 0 Å². The first kappa shape index (κ1) is 15.9. The van der Waals surface area contributed by atoms with Crippen LogP contribution in [-0.2, 0) is 18.9 Å². The number of carbonyl (C=O) groups excluding carboxylic acids is 1. The molecule has 0 aromatic carbocycles. The second-order valence-electron chi connectivity index (χ2n) is 1.97. The second-order valence-corrected chi connectivity index (χ2v) is 3.08. The van der Waals surface area contributed by atoms with E-state index in [4.69, 9.17) is 5.11 Å². The van der Waals surface area contributed by atoms with Gasteiger partial charge in [0.25, 0.3) is 0 Å². The van der Waals surface area contributed by atoms with Crippen LogP contribution in [0.5, 0.6) is 0 Å². The van der Waals surface area contributed by atoms with E-state index in [1.165, 1.54) is 0 Å². The van der Waals surface area contributed by atoms with Gasteiger partial charge in [0.1, 0.15) is 6.61 Å². The molecule has 84 valence electrons. The number of esters is 1. The Morgan fingerprint density at radius 3 is 2.13 bits per heavy atom. The Morgan fingerprint density at radius 2 is 1.87 bits per heavy atom. The standard InChI is InChI=1S/C5H7O4P.C3H4O2/c1-2-5(6)9-3-4-10(7)8;1-2-3(4)5/h2H,1,3-4H2;2H,1H2,(H,4,5). The molecule has 0 bridgehead atoms. The third kappa shape index (κ3) is 19.1. The van der Waals surface area contributed by atoms with Gasteiger partial charge in [0.2, 0.25) is 0 Å². The normalized spacial score (nSPS) is 9.00. The molecule has 15 heavy (non-hydrogen) atoms. The van der Waals surface area contributed by atoms with Gasteiger partial charge < -0.3 is 14.7 Å². The summed E-state index contributed by atoms with van der Waals surface area (Å²) in [7, 11) is -2.45.